The second-order valence-electron chi connectivity index (χ2n) is 6.60. The molecule has 0 saturated heterocycles. The van der Waals surface area contributed by atoms with Crippen LogP contribution in [-0.2, 0) is 23.0 Å². The number of nitrogens with zero attached hydrogens (tertiary/aromatic N) is 1. The molecule has 1 aromatic heterocycles. The minimum absolute atomic E-state index is 0.108. The molecule has 8 heteroatoms. The molecule has 2 aromatic carbocycles. The molecule has 0 aliphatic rings. The third kappa shape index (κ3) is 4.96. The Labute approximate surface area is 174 Å². The molecule has 0 bridgehead atoms. The molecule has 0 fully saturated rings. The zero-order valence-corrected chi connectivity index (χ0v) is 17.8. The predicted octanol–water partition coefficient (Wildman–Crippen LogP) is 4.09. The zero-order valence-electron chi connectivity index (χ0n) is 16.1. The lowest BCUT2D eigenvalue weighted by Gasteiger charge is -2.18. The Morgan fingerprint density at radius 3 is 2.38 bits per heavy atom. The fourth-order valence-corrected chi connectivity index (χ4v) is 4.87. The van der Waals surface area contributed by atoms with Crippen molar-refractivity contribution in [1.29, 1.82) is 0 Å². The van der Waals surface area contributed by atoms with Crippen molar-refractivity contribution in [2.45, 2.75) is 24.1 Å². The SMILES string of the molecule is CCc1ccc(CN(C)C(=O)c2ccc(NS(=O)(=O)c3cccs3)cc2O)cc1. The van der Waals surface area contributed by atoms with Crippen molar-refractivity contribution in [3.05, 3.63) is 76.7 Å². The Bertz CT molecular complexity index is 1090. The molecule has 29 heavy (non-hydrogen) atoms. The van der Waals surface area contributed by atoms with Gasteiger partial charge in [0, 0.05) is 19.7 Å². The summed E-state index contributed by atoms with van der Waals surface area (Å²) >= 11 is 1.09. The number of rotatable bonds is 7. The first-order valence-corrected chi connectivity index (χ1v) is 11.4. The number of thiophene rings is 1. The minimum atomic E-state index is -3.72. The van der Waals surface area contributed by atoms with E-state index in [2.05, 4.69) is 11.6 Å². The lowest BCUT2D eigenvalue weighted by atomic mass is 10.1. The van der Waals surface area contributed by atoms with Crippen molar-refractivity contribution in [2.75, 3.05) is 11.8 Å². The van der Waals surface area contributed by atoms with Crippen molar-refractivity contribution in [2.24, 2.45) is 0 Å². The van der Waals surface area contributed by atoms with Gasteiger partial charge in [-0.05, 0) is 41.1 Å². The molecule has 0 atom stereocenters. The smallest absolute Gasteiger partial charge is 0.271 e. The van der Waals surface area contributed by atoms with Gasteiger partial charge in [-0.15, -0.1) is 11.3 Å². The van der Waals surface area contributed by atoms with Gasteiger partial charge in [-0.25, -0.2) is 8.42 Å². The quantitative estimate of drug-likeness (QED) is 0.591. The molecule has 0 saturated carbocycles. The monoisotopic (exact) mass is 430 g/mol. The molecule has 0 aliphatic heterocycles. The largest absolute Gasteiger partial charge is 0.507 e. The predicted molar refractivity (Wildman–Crippen MR) is 115 cm³/mol. The molecule has 3 aromatic rings. The highest BCUT2D eigenvalue weighted by Crippen LogP contribution is 2.26. The Balaban J connectivity index is 1.72. The Hall–Kier alpha value is -2.84. The summed E-state index contributed by atoms with van der Waals surface area (Å²) < 4.78 is 27.2. The maximum Gasteiger partial charge on any atom is 0.271 e. The van der Waals surface area contributed by atoms with E-state index in [0.29, 0.717) is 6.54 Å². The number of carbonyl (C=O) groups is 1. The number of hydrogen-bond donors (Lipinski definition) is 2. The topological polar surface area (TPSA) is 86.7 Å². The Morgan fingerprint density at radius 1 is 1.10 bits per heavy atom. The van der Waals surface area contributed by atoms with E-state index in [1.807, 2.05) is 24.3 Å². The van der Waals surface area contributed by atoms with Crippen LogP contribution in [0.2, 0.25) is 0 Å². The second kappa shape index (κ2) is 8.67. The van der Waals surface area contributed by atoms with Gasteiger partial charge in [0.2, 0.25) is 0 Å². The molecule has 0 radical (unpaired) electrons. The van der Waals surface area contributed by atoms with Gasteiger partial charge in [0.1, 0.15) is 9.96 Å². The lowest BCUT2D eigenvalue weighted by Crippen LogP contribution is -2.26. The number of anilines is 1. The molecule has 0 spiro atoms. The van der Waals surface area contributed by atoms with Crippen molar-refractivity contribution in [3.8, 4) is 5.75 Å². The summed E-state index contributed by atoms with van der Waals surface area (Å²) in [4.78, 5) is 14.2. The second-order valence-corrected chi connectivity index (χ2v) is 9.46. The van der Waals surface area contributed by atoms with E-state index in [1.165, 1.54) is 34.7 Å². The van der Waals surface area contributed by atoms with Crippen LogP contribution >= 0.6 is 11.3 Å². The number of phenolic OH excluding ortho intramolecular Hbond substituents is 1. The van der Waals surface area contributed by atoms with Crippen molar-refractivity contribution in [3.63, 3.8) is 0 Å². The summed E-state index contributed by atoms with van der Waals surface area (Å²) in [7, 11) is -2.06. The summed E-state index contributed by atoms with van der Waals surface area (Å²) in [5, 5.41) is 12.0. The van der Waals surface area contributed by atoms with Crippen LogP contribution in [0, 0.1) is 0 Å². The summed E-state index contributed by atoms with van der Waals surface area (Å²) in [6.45, 7) is 2.48. The summed E-state index contributed by atoms with van der Waals surface area (Å²) in [5.41, 5.74) is 2.50. The van der Waals surface area contributed by atoms with E-state index in [9.17, 15) is 18.3 Å². The van der Waals surface area contributed by atoms with Crippen LogP contribution in [0.3, 0.4) is 0 Å². The standard InChI is InChI=1S/C21H22N2O4S2/c1-3-15-6-8-16(9-7-15)14-23(2)21(25)18-11-10-17(13-19(18)24)22-29(26,27)20-5-4-12-28-20/h4-13,22,24H,3,14H2,1-2H3. The van der Waals surface area contributed by atoms with E-state index in [1.54, 1.807) is 18.5 Å². The van der Waals surface area contributed by atoms with E-state index < -0.39 is 10.0 Å². The van der Waals surface area contributed by atoms with Gasteiger partial charge in [-0.1, -0.05) is 37.3 Å². The van der Waals surface area contributed by atoms with Crippen molar-refractivity contribution >= 4 is 33.0 Å². The van der Waals surface area contributed by atoms with Crippen LogP contribution in [-0.4, -0.2) is 31.4 Å². The number of nitrogens with one attached hydrogen (secondary N) is 1. The van der Waals surface area contributed by atoms with Crippen LogP contribution < -0.4 is 4.72 Å². The van der Waals surface area contributed by atoms with Gasteiger partial charge in [0.05, 0.1) is 11.3 Å². The number of hydrogen-bond acceptors (Lipinski definition) is 5. The average Bonchev–Trinajstić information content (AvgIpc) is 3.24. The number of carbonyl (C=O) groups excluding carboxylic acids is 1. The Kier molecular flexibility index (Phi) is 6.24. The maximum atomic E-state index is 12.7. The molecular formula is C21H22N2O4S2. The van der Waals surface area contributed by atoms with Crippen LogP contribution in [0.1, 0.15) is 28.4 Å². The lowest BCUT2D eigenvalue weighted by molar-refractivity contribution is 0.0782. The first kappa shape index (κ1) is 20.9. The third-order valence-corrected chi connectivity index (χ3v) is 7.22. The highest BCUT2D eigenvalue weighted by Gasteiger charge is 2.19. The van der Waals surface area contributed by atoms with Crippen LogP contribution in [0.25, 0.3) is 0 Å². The number of aromatic hydroxyl groups is 1. The number of amides is 1. The molecule has 2 N–H and O–H groups in total. The molecule has 3 rings (SSSR count). The zero-order chi connectivity index (χ0) is 21.0. The van der Waals surface area contributed by atoms with Crippen molar-refractivity contribution in [1.82, 2.24) is 4.90 Å². The van der Waals surface area contributed by atoms with E-state index >= 15 is 0 Å². The van der Waals surface area contributed by atoms with Crippen molar-refractivity contribution < 1.29 is 18.3 Å². The number of sulfonamides is 1. The van der Waals surface area contributed by atoms with Gasteiger partial charge in [-0.2, -0.15) is 0 Å². The summed E-state index contributed by atoms with van der Waals surface area (Å²) in [6.07, 6.45) is 0.950. The molecule has 1 heterocycles. The number of benzene rings is 2. The maximum absolute atomic E-state index is 12.7. The highest BCUT2D eigenvalue weighted by atomic mass is 32.2. The van der Waals surface area contributed by atoms with Crippen LogP contribution in [0.4, 0.5) is 5.69 Å². The molecule has 1 amide bonds. The van der Waals surface area contributed by atoms with Gasteiger partial charge < -0.3 is 10.0 Å². The minimum Gasteiger partial charge on any atom is -0.507 e. The van der Waals surface area contributed by atoms with Crippen LogP contribution in [0.5, 0.6) is 5.75 Å². The molecule has 152 valence electrons. The van der Waals surface area contributed by atoms with Gasteiger partial charge in [0.15, 0.2) is 0 Å². The molecule has 6 nitrogen and oxygen atoms in total. The average molecular weight is 431 g/mol. The fraction of sp³-hybridized carbons (Fsp3) is 0.190. The highest BCUT2D eigenvalue weighted by molar-refractivity contribution is 7.94. The van der Waals surface area contributed by atoms with Gasteiger partial charge in [-0.3, -0.25) is 9.52 Å². The summed E-state index contributed by atoms with van der Waals surface area (Å²) in [6, 6.07) is 15.3. The van der Waals surface area contributed by atoms with E-state index in [0.717, 1.165) is 23.3 Å². The van der Waals surface area contributed by atoms with Crippen LogP contribution in [0.15, 0.2) is 64.2 Å². The molecule has 0 unspecified atom stereocenters. The number of aryl methyl sites for hydroxylation is 1. The van der Waals surface area contributed by atoms with E-state index in [-0.39, 0.29) is 27.1 Å². The molecular weight excluding hydrogens is 408 g/mol. The Morgan fingerprint density at radius 2 is 1.79 bits per heavy atom. The molecule has 0 aliphatic carbocycles. The normalized spacial score (nSPS) is 11.2. The fourth-order valence-electron chi connectivity index (χ4n) is 2.83. The van der Waals surface area contributed by atoms with Gasteiger partial charge >= 0.3 is 0 Å². The summed E-state index contributed by atoms with van der Waals surface area (Å²) in [5.74, 6) is -0.635. The van der Waals surface area contributed by atoms with Gasteiger partial charge in [0.25, 0.3) is 15.9 Å². The third-order valence-electron chi connectivity index (χ3n) is 4.44. The number of phenols is 1. The van der Waals surface area contributed by atoms with E-state index in [4.69, 9.17) is 0 Å². The first-order valence-electron chi connectivity index (χ1n) is 9.03. The first-order chi connectivity index (χ1) is 13.8.